The van der Waals surface area contributed by atoms with Crippen molar-refractivity contribution in [2.24, 2.45) is 0 Å². The normalized spacial score (nSPS) is 16.8. The van der Waals surface area contributed by atoms with Crippen molar-refractivity contribution < 1.29 is 14.3 Å². The van der Waals surface area contributed by atoms with Gasteiger partial charge >= 0.3 is 0 Å². The Morgan fingerprint density at radius 2 is 2.12 bits per heavy atom. The highest BCUT2D eigenvalue weighted by atomic mass is 16.5. The maximum Gasteiger partial charge on any atom is 0.258 e. The molecule has 2 aromatic rings. The van der Waals surface area contributed by atoms with Gasteiger partial charge in [-0.2, -0.15) is 0 Å². The van der Waals surface area contributed by atoms with E-state index in [0.29, 0.717) is 24.4 Å². The van der Waals surface area contributed by atoms with Crippen molar-refractivity contribution >= 4 is 5.91 Å². The highest BCUT2D eigenvalue weighted by Crippen LogP contribution is 2.22. The van der Waals surface area contributed by atoms with E-state index in [0.717, 1.165) is 25.1 Å². The molecule has 1 aromatic heterocycles. The molecule has 0 radical (unpaired) electrons. The Morgan fingerprint density at radius 1 is 1.29 bits per heavy atom. The summed E-state index contributed by atoms with van der Waals surface area (Å²) in [6, 6.07) is 13.0. The van der Waals surface area contributed by atoms with Crippen LogP contribution >= 0.6 is 0 Å². The van der Waals surface area contributed by atoms with Crippen LogP contribution in [0.25, 0.3) is 0 Å². The maximum absolute atomic E-state index is 13.1. The number of rotatable bonds is 6. The summed E-state index contributed by atoms with van der Waals surface area (Å²) in [5.74, 6) is 0.523. The Bertz CT molecular complexity index is 669. The second-order valence-electron chi connectivity index (χ2n) is 5.84. The molecule has 1 fully saturated rings. The quantitative estimate of drug-likeness (QED) is 0.819. The lowest BCUT2D eigenvalue weighted by atomic mass is 10.1. The highest BCUT2D eigenvalue weighted by Gasteiger charge is 2.25. The Labute approximate surface area is 142 Å². The van der Waals surface area contributed by atoms with Gasteiger partial charge in [0.2, 0.25) is 0 Å². The second kappa shape index (κ2) is 7.93. The van der Waals surface area contributed by atoms with E-state index < -0.39 is 0 Å². The number of hydrogen-bond donors (Lipinski definition) is 0. The predicted octanol–water partition coefficient (Wildman–Crippen LogP) is 2.91. The SMILES string of the molecule is COc1ccccc1C(=O)N(Cc1ccccn1)CC1CCCO1. The van der Waals surface area contributed by atoms with E-state index in [9.17, 15) is 4.79 Å². The third-order valence-corrected chi connectivity index (χ3v) is 4.15. The van der Waals surface area contributed by atoms with Crippen LogP contribution in [0.5, 0.6) is 5.75 Å². The summed E-state index contributed by atoms with van der Waals surface area (Å²) in [6.07, 6.45) is 3.86. The van der Waals surface area contributed by atoms with Crippen LogP contribution in [-0.4, -0.2) is 42.2 Å². The van der Waals surface area contributed by atoms with Gasteiger partial charge in [-0.3, -0.25) is 9.78 Å². The van der Waals surface area contributed by atoms with Gasteiger partial charge in [-0.25, -0.2) is 0 Å². The number of aromatic nitrogens is 1. The summed E-state index contributed by atoms with van der Waals surface area (Å²) in [5, 5.41) is 0. The van der Waals surface area contributed by atoms with Crippen molar-refractivity contribution in [3.63, 3.8) is 0 Å². The van der Waals surface area contributed by atoms with E-state index in [1.807, 2.05) is 30.3 Å². The molecule has 3 rings (SSSR count). The Balaban J connectivity index is 1.83. The minimum atomic E-state index is -0.0615. The van der Waals surface area contributed by atoms with Gasteiger partial charge in [-0.15, -0.1) is 0 Å². The molecule has 5 heteroatoms. The minimum Gasteiger partial charge on any atom is -0.496 e. The molecule has 1 unspecified atom stereocenters. The number of para-hydroxylation sites is 1. The number of benzene rings is 1. The molecule has 0 spiro atoms. The predicted molar refractivity (Wildman–Crippen MR) is 90.9 cm³/mol. The number of amides is 1. The van der Waals surface area contributed by atoms with Crippen LogP contribution in [-0.2, 0) is 11.3 Å². The molecule has 1 aromatic carbocycles. The van der Waals surface area contributed by atoms with Gasteiger partial charge in [-0.1, -0.05) is 18.2 Å². The zero-order valence-electron chi connectivity index (χ0n) is 13.9. The third kappa shape index (κ3) is 3.92. The van der Waals surface area contributed by atoms with E-state index >= 15 is 0 Å². The molecule has 126 valence electrons. The fourth-order valence-corrected chi connectivity index (χ4v) is 2.93. The molecule has 2 heterocycles. The van der Waals surface area contributed by atoms with Crippen LogP contribution in [0.4, 0.5) is 0 Å². The maximum atomic E-state index is 13.1. The number of methoxy groups -OCH3 is 1. The number of carbonyl (C=O) groups is 1. The molecular weight excluding hydrogens is 304 g/mol. The summed E-state index contributed by atoms with van der Waals surface area (Å²) < 4.78 is 11.1. The van der Waals surface area contributed by atoms with E-state index in [4.69, 9.17) is 9.47 Å². The average Bonchev–Trinajstić information content (AvgIpc) is 3.14. The summed E-state index contributed by atoms with van der Waals surface area (Å²) in [6.45, 7) is 1.79. The molecule has 0 aliphatic carbocycles. The molecule has 1 saturated heterocycles. The number of carbonyl (C=O) groups excluding carboxylic acids is 1. The highest BCUT2D eigenvalue weighted by molar-refractivity contribution is 5.96. The van der Waals surface area contributed by atoms with Crippen LogP contribution in [0, 0.1) is 0 Å². The van der Waals surface area contributed by atoms with Gasteiger partial charge < -0.3 is 14.4 Å². The largest absolute Gasteiger partial charge is 0.496 e. The summed E-state index contributed by atoms with van der Waals surface area (Å²) in [4.78, 5) is 19.2. The summed E-state index contributed by atoms with van der Waals surface area (Å²) >= 11 is 0. The summed E-state index contributed by atoms with van der Waals surface area (Å²) in [7, 11) is 1.58. The van der Waals surface area contributed by atoms with Gasteiger partial charge in [0, 0.05) is 19.3 Å². The van der Waals surface area contributed by atoms with Crippen molar-refractivity contribution in [3.8, 4) is 5.75 Å². The van der Waals surface area contributed by atoms with Crippen molar-refractivity contribution in [1.29, 1.82) is 0 Å². The molecular formula is C19H22N2O3. The lowest BCUT2D eigenvalue weighted by Gasteiger charge is -2.26. The number of pyridine rings is 1. The van der Waals surface area contributed by atoms with Crippen molar-refractivity contribution in [1.82, 2.24) is 9.88 Å². The fourth-order valence-electron chi connectivity index (χ4n) is 2.93. The van der Waals surface area contributed by atoms with Gasteiger partial charge in [0.15, 0.2) is 0 Å². The van der Waals surface area contributed by atoms with Gasteiger partial charge in [0.25, 0.3) is 5.91 Å². The zero-order chi connectivity index (χ0) is 16.8. The van der Waals surface area contributed by atoms with E-state index in [1.54, 1.807) is 30.3 Å². The Hall–Kier alpha value is -2.40. The standard InChI is InChI=1S/C19H22N2O3/c1-23-18-10-3-2-9-17(18)19(22)21(14-16-8-6-12-24-16)13-15-7-4-5-11-20-15/h2-5,7,9-11,16H,6,8,12-14H2,1H3. The number of ether oxygens (including phenoxy) is 2. The first-order valence-electron chi connectivity index (χ1n) is 8.21. The molecule has 1 amide bonds. The topological polar surface area (TPSA) is 51.7 Å². The van der Waals surface area contributed by atoms with Crippen LogP contribution in [0.15, 0.2) is 48.7 Å². The van der Waals surface area contributed by atoms with Crippen molar-refractivity contribution in [2.45, 2.75) is 25.5 Å². The molecule has 24 heavy (non-hydrogen) atoms. The average molecular weight is 326 g/mol. The van der Waals surface area contributed by atoms with Crippen LogP contribution in [0.3, 0.4) is 0 Å². The molecule has 1 aliphatic rings. The minimum absolute atomic E-state index is 0.0615. The fraction of sp³-hybridized carbons (Fsp3) is 0.368. The van der Waals surface area contributed by atoms with Crippen molar-refractivity contribution in [3.05, 3.63) is 59.9 Å². The number of nitrogens with zero attached hydrogens (tertiary/aromatic N) is 2. The summed E-state index contributed by atoms with van der Waals surface area (Å²) in [5.41, 5.74) is 1.42. The van der Waals surface area contributed by atoms with E-state index in [-0.39, 0.29) is 12.0 Å². The van der Waals surface area contributed by atoms with Crippen LogP contribution in [0.1, 0.15) is 28.9 Å². The third-order valence-electron chi connectivity index (χ3n) is 4.15. The molecule has 1 aliphatic heterocycles. The molecule has 1 atom stereocenters. The van der Waals surface area contributed by atoms with E-state index in [1.165, 1.54) is 0 Å². The van der Waals surface area contributed by atoms with Gasteiger partial charge in [0.05, 0.1) is 31.0 Å². The lowest BCUT2D eigenvalue weighted by Crippen LogP contribution is -2.37. The Kier molecular flexibility index (Phi) is 5.43. The first kappa shape index (κ1) is 16.5. The van der Waals surface area contributed by atoms with Gasteiger partial charge in [0.1, 0.15) is 5.75 Å². The van der Waals surface area contributed by atoms with Crippen molar-refractivity contribution in [2.75, 3.05) is 20.3 Å². The van der Waals surface area contributed by atoms with Crippen LogP contribution in [0.2, 0.25) is 0 Å². The molecule has 0 N–H and O–H groups in total. The smallest absolute Gasteiger partial charge is 0.258 e. The second-order valence-corrected chi connectivity index (χ2v) is 5.84. The van der Waals surface area contributed by atoms with Gasteiger partial charge in [-0.05, 0) is 37.1 Å². The lowest BCUT2D eigenvalue weighted by molar-refractivity contribution is 0.0502. The monoisotopic (exact) mass is 326 g/mol. The molecule has 0 saturated carbocycles. The zero-order valence-corrected chi connectivity index (χ0v) is 13.9. The van der Waals surface area contributed by atoms with Crippen LogP contribution < -0.4 is 4.74 Å². The molecule has 0 bridgehead atoms. The molecule has 5 nitrogen and oxygen atoms in total. The number of hydrogen-bond acceptors (Lipinski definition) is 4. The first-order valence-corrected chi connectivity index (χ1v) is 8.21. The first-order chi connectivity index (χ1) is 11.8. The Morgan fingerprint density at radius 3 is 2.83 bits per heavy atom. The van der Waals surface area contributed by atoms with E-state index in [2.05, 4.69) is 4.98 Å².